The molecule has 0 bridgehead atoms. The maximum absolute atomic E-state index is 13.2. The number of hydrogen-bond donors (Lipinski definition) is 1. The van der Waals surface area contributed by atoms with Crippen molar-refractivity contribution < 1.29 is 9.53 Å². The average molecular weight is 475 g/mol. The fourth-order valence-corrected chi connectivity index (χ4v) is 4.86. The van der Waals surface area contributed by atoms with Crippen LogP contribution >= 0.6 is 23.2 Å². The van der Waals surface area contributed by atoms with Crippen LogP contribution in [0.4, 0.5) is 5.69 Å². The fourth-order valence-electron chi connectivity index (χ4n) is 4.37. The Hall–Kier alpha value is -2.28. The van der Waals surface area contributed by atoms with Gasteiger partial charge in [-0.3, -0.25) is 15.2 Å². The Bertz CT molecular complexity index is 988. The molecule has 2 unspecified atom stereocenters. The summed E-state index contributed by atoms with van der Waals surface area (Å²) in [4.78, 5) is 13.2. The molecule has 0 aliphatic carbocycles. The van der Waals surface area contributed by atoms with Gasteiger partial charge in [0.05, 0.1) is 23.9 Å². The fraction of sp³-hybridized carbons (Fsp3) is 0.417. The largest absolute Gasteiger partial charge is 0.497 e. The standard InChI is InChI=1S/C24H28Cl2N4O2/c1-16-22(24(31)28-29-13-5-3-4-6-14-29)27-30(21-12-9-18(25)15-20(21)26)23(16)17-7-10-19(32-2)11-8-17/h7-12,15-16,23H,3-6,13-14H2,1-2H3,(H,28,31). The lowest BCUT2D eigenvalue weighted by Crippen LogP contribution is -2.46. The summed E-state index contributed by atoms with van der Waals surface area (Å²) in [5.41, 5.74) is 5.30. The summed E-state index contributed by atoms with van der Waals surface area (Å²) < 4.78 is 5.31. The lowest BCUT2D eigenvalue weighted by Gasteiger charge is -2.28. The number of hydrazone groups is 1. The van der Waals surface area contributed by atoms with Crippen LogP contribution in [-0.4, -0.2) is 36.8 Å². The predicted molar refractivity (Wildman–Crippen MR) is 129 cm³/mol. The summed E-state index contributed by atoms with van der Waals surface area (Å²) >= 11 is 12.7. The lowest BCUT2D eigenvalue weighted by molar-refractivity contribution is -0.119. The predicted octanol–water partition coefficient (Wildman–Crippen LogP) is 5.46. The molecule has 0 saturated carbocycles. The van der Waals surface area contributed by atoms with E-state index in [-0.39, 0.29) is 17.9 Å². The van der Waals surface area contributed by atoms with Gasteiger partial charge in [0.2, 0.25) is 0 Å². The number of ether oxygens (including phenoxy) is 1. The third kappa shape index (κ3) is 4.87. The monoisotopic (exact) mass is 474 g/mol. The SMILES string of the molecule is COc1ccc(C2C(C)C(C(=O)NN3CCCCCC3)=NN2c2ccc(Cl)cc2Cl)cc1. The van der Waals surface area contributed by atoms with Crippen LogP contribution in [0.25, 0.3) is 0 Å². The number of nitrogens with one attached hydrogen (secondary N) is 1. The van der Waals surface area contributed by atoms with Gasteiger partial charge in [-0.15, -0.1) is 0 Å². The van der Waals surface area contributed by atoms with Gasteiger partial charge in [0.15, 0.2) is 0 Å². The van der Waals surface area contributed by atoms with Crippen LogP contribution in [0.3, 0.4) is 0 Å². The summed E-state index contributed by atoms with van der Waals surface area (Å²) in [6.45, 7) is 3.75. The molecule has 8 heteroatoms. The molecule has 2 aliphatic rings. The average Bonchev–Trinajstić information content (AvgIpc) is 2.94. The number of amides is 1. The molecule has 2 atom stereocenters. The molecule has 1 N–H and O–H groups in total. The molecular weight excluding hydrogens is 447 g/mol. The normalized spacial score (nSPS) is 21.8. The molecule has 2 aromatic rings. The Balaban J connectivity index is 1.66. The number of hydrogen-bond acceptors (Lipinski definition) is 5. The van der Waals surface area contributed by atoms with Gasteiger partial charge in [0.1, 0.15) is 11.5 Å². The van der Waals surface area contributed by atoms with Crippen molar-refractivity contribution in [2.24, 2.45) is 11.0 Å². The van der Waals surface area contributed by atoms with Gasteiger partial charge in [-0.05, 0) is 48.7 Å². The van der Waals surface area contributed by atoms with Gasteiger partial charge in [0, 0.05) is 24.0 Å². The number of hydrazine groups is 1. The molecule has 170 valence electrons. The van der Waals surface area contributed by atoms with Crippen molar-refractivity contribution in [3.05, 3.63) is 58.1 Å². The third-order valence-electron chi connectivity index (χ3n) is 6.10. The number of carbonyl (C=O) groups excluding carboxylic acids is 1. The van der Waals surface area contributed by atoms with Gasteiger partial charge < -0.3 is 4.74 Å². The molecule has 0 aromatic heterocycles. The van der Waals surface area contributed by atoms with Gasteiger partial charge in [-0.1, -0.05) is 55.1 Å². The second-order valence-corrected chi connectivity index (χ2v) is 9.12. The maximum atomic E-state index is 13.2. The first-order valence-electron chi connectivity index (χ1n) is 11.0. The molecule has 1 fully saturated rings. The zero-order valence-corrected chi connectivity index (χ0v) is 19.9. The van der Waals surface area contributed by atoms with Crippen LogP contribution in [0.1, 0.15) is 44.2 Å². The Labute approximate surface area is 199 Å². The second-order valence-electron chi connectivity index (χ2n) is 8.27. The Morgan fingerprint density at radius 3 is 2.38 bits per heavy atom. The van der Waals surface area contributed by atoms with Crippen LogP contribution in [0.5, 0.6) is 5.75 Å². The number of methoxy groups -OCH3 is 1. The van der Waals surface area contributed by atoms with E-state index in [0.717, 1.165) is 37.2 Å². The number of rotatable bonds is 5. The lowest BCUT2D eigenvalue weighted by atomic mass is 9.91. The molecule has 1 saturated heterocycles. The molecule has 6 nitrogen and oxygen atoms in total. The summed E-state index contributed by atoms with van der Waals surface area (Å²) in [6.07, 6.45) is 4.57. The van der Waals surface area contributed by atoms with Crippen molar-refractivity contribution in [3.63, 3.8) is 0 Å². The zero-order chi connectivity index (χ0) is 22.7. The Morgan fingerprint density at radius 2 is 1.75 bits per heavy atom. The minimum atomic E-state index is -0.190. The van der Waals surface area contributed by atoms with Gasteiger partial charge in [-0.25, -0.2) is 5.01 Å². The molecule has 4 rings (SSSR count). The van der Waals surface area contributed by atoms with Gasteiger partial charge >= 0.3 is 0 Å². The number of halogens is 2. The van der Waals surface area contributed by atoms with E-state index >= 15 is 0 Å². The van der Waals surface area contributed by atoms with E-state index in [4.69, 9.17) is 33.0 Å². The van der Waals surface area contributed by atoms with E-state index in [2.05, 4.69) is 5.43 Å². The number of nitrogens with zero attached hydrogens (tertiary/aromatic N) is 3. The molecule has 0 spiro atoms. The highest BCUT2D eigenvalue weighted by molar-refractivity contribution is 6.41. The van der Waals surface area contributed by atoms with Crippen LogP contribution in [0.15, 0.2) is 47.6 Å². The van der Waals surface area contributed by atoms with E-state index < -0.39 is 0 Å². The molecule has 32 heavy (non-hydrogen) atoms. The third-order valence-corrected chi connectivity index (χ3v) is 6.63. The van der Waals surface area contributed by atoms with Crippen molar-refractivity contribution in [2.75, 3.05) is 25.2 Å². The van der Waals surface area contributed by atoms with Gasteiger partial charge in [0.25, 0.3) is 5.91 Å². The highest BCUT2D eigenvalue weighted by Crippen LogP contribution is 2.42. The highest BCUT2D eigenvalue weighted by atomic mass is 35.5. The van der Waals surface area contributed by atoms with Crippen LogP contribution in [0, 0.1) is 5.92 Å². The molecular formula is C24H28Cl2N4O2. The molecule has 2 aromatic carbocycles. The minimum Gasteiger partial charge on any atom is -0.497 e. The number of anilines is 1. The van der Waals surface area contributed by atoms with Gasteiger partial charge in [-0.2, -0.15) is 5.10 Å². The first-order valence-corrected chi connectivity index (χ1v) is 11.8. The maximum Gasteiger partial charge on any atom is 0.282 e. The van der Waals surface area contributed by atoms with E-state index in [1.54, 1.807) is 19.2 Å². The quantitative estimate of drug-likeness (QED) is 0.624. The number of carbonyl (C=O) groups is 1. The van der Waals surface area contributed by atoms with E-state index in [1.807, 2.05) is 47.3 Å². The highest BCUT2D eigenvalue weighted by Gasteiger charge is 2.40. The summed E-state index contributed by atoms with van der Waals surface area (Å²) in [5, 5.41) is 9.66. The number of benzene rings is 2. The Morgan fingerprint density at radius 1 is 1.06 bits per heavy atom. The van der Waals surface area contributed by atoms with Crippen molar-refractivity contribution in [2.45, 2.75) is 38.6 Å². The molecule has 0 radical (unpaired) electrons. The summed E-state index contributed by atoms with van der Waals surface area (Å²) in [6, 6.07) is 13.0. The first kappa shape index (κ1) is 22.9. The summed E-state index contributed by atoms with van der Waals surface area (Å²) in [5.74, 6) is 0.461. The molecule has 2 aliphatic heterocycles. The van der Waals surface area contributed by atoms with Crippen molar-refractivity contribution in [1.82, 2.24) is 10.4 Å². The summed E-state index contributed by atoms with van der Waals surface area (Å²) in [7, 11) is 1.64. The molecule has 2 heterocycles. The van der Waals surface area contributed by atoms with Crippen LogP contribution < -0.4 is 15.2 Å². The van der Waals surface area contributed by atoms with E-state index in [0.29, 0.717) is 21.4 Å². The van der Waals surface area contributed by atoms with E-state index in [1.165, 1.54) is 12.8 Å². The topological polar surface area (TPSA) is 57.2 Å². The van der Waals surface area contributed by atoms with Crippen LogP contribution in [0.2, 0.25) is 10.0 Å². The van der Waals surface area contributed by atoms with E-state index in [9.17, 15) is 4.79 Å². The van der Waals surface area contributed by atoms with Crippen molar-refractivity contribution >= 4 is 40.5 Å². The zero-order valence-electron chi connectivity index (χ0n) is 18.4. The first-order chi connectivity index (χ1) is 15.5. The minimum absolute atomic E-state index is 0.151. The second kappa shape index (κ2) is 10.1. The Kier molecular flexibility index (Phi) is 7.23. The van der Waals surface area contributed by atoms with Crippen molar-refractivity contribution in [1.29, 1.82) is 0 Å². The van der Waals surface area contributed by atoms with Crippen LogP contribution in [-0.2, 0) is 4.79 Å². The molecule has 1 amide bonds. The van der Waals surface area contributed by atoms with Crippen molar-refractivity contribution in [3.8, 4) is 5.75 Å². The smallest absolute Gasteiger partial charge is 0.282 e.